The topological polar surface area (TPSA) is 87.3 Å². The van der Waals surface area contributed by atoms with Crippen LogP contribution >= 0.6 is 0 Å². The van der Waals surface area contributed by atoms with Gasteiger partial charge in [-0.15, -0.1) is 0 Å². The van der Waals surface area contributed by atoms with Gasteiger partial charge in [-0.2, -0.15) is 15.4 Å². The van der Waals surface area contributed by atoms with E-state index in [-0.39, 0.29) is 5.56 Å². The lowest BCUT2D eigenvalue weighted by atomic mass is 10.1. The zero-order valence-electron chi connectivity index (χ0n) is 8.14. The maximum atomic E-state index is 11.6. The number of aromatic amines is 2. The van der Waals surface area contributed by atoms with E-state index in [9.17, 15) is 4.79 Å². The number of fused-ring (bicyclic) bond motifs is 1. The van der Waals surface area contributed by atoms with Gasteiger partial charge in [0.2, 0.25) is 0 Å². The molecule has 78 valence electrons. The molecule has 0 spiro atoms. The Morgan fingerprint density at radius 1 is 1.19 bits per heavy atom. The molecule has 2 heterocycles. The third-order valence-electron chi connectivity index (χ3n) is 2.31. The zero-order valence-corrected chi connectivity index (χ0v) is 8.14. The molecule has 6 nitrogen and oxygen atoms in total. The summed E-state index contributed by atoms with van der Waals surface area (Å²) in [5.41, 5.74) is 2.14. The summed E-state index contributed by atoms with van der Waals surface area (Å²) in [6, 6.07) is 5.43. The van der Waals surface area contributed by atoms with E-state index in [0.717, 1.165) is 0 Å². The molecule has 0 amide bonds. The molecule has 0 aliphatic carbocycles. The SMILES string of the molecule is O=c1[nH]ccnc1-c1cccc2n[nH]nc12. The molecule has 0 saturated carbocycles. The number of aromatic nitrogens is 5. The van der Waals surface area contributed by atoms with E-state index in [2.05, 4.69) is 25.4 Å². The largest absolute Gasteiger partial charge is 0.326 e. The molecule has 0 fully saturated rings. The fourth-order valence-corrected chi connectivity index (χ4v) is 1.60. The minimum absolute atomic E-state index is 0.238. The Labute approximate surface area is 89.4 Å². The molecule has 0 saturated heterocycles. The molecule has 0 unspecified atom stereocenters. The fraction of sp³-hybridized carbons (Fsp3) is 0. The van der Waals surface area contributed by atoms with E-state index in [0.29, 0.717) is 22.3 Å². The Bertz CT molecular complexity index is 699. The van der Waals surface area contributed by atoms with Crippen LogP contribution in [-0.4, -0.2) is 25.4 Å². The summed E-state index contributed by atoms with van der Waals surface area (Å²) in [4.78, 5) is 18.2. The van der Waals surface area contributed by atoms with Crippen molar-refractivity contribution in [3.8, 4) is 11.3 Å². The number of para-hydroxylation sites is 1. The monoisotopic (exact) mass is 213 g/mol. The maximum absolute atomic E-state index is 11.6. The summed E-state index contributed by atoms with van der Waals surface area (Å²) >= 11 is 0. The van der Waals surface area contributed by atoms with Gasteiger partial charge in [-0.3, -0.25) is 4.79 Å². The van der Waals surface area contributed by atoms with E-state index < -0.39 is 0 Å². The molecule has 2 N–H and O–H groups in total. The van der Waals surface area contributed by atoms with Gasteiger partial charge in [0.15, 0.2) is 0 Å². The average Bonchev–Trinajstić information content (AvgIpc) is 2.77. The van der Waals surface area contributed by atoms with Crippen molar-refractivity contribution in [2.45, 2.75) is 0 Å². The first-order valence-electron chi connectivity index (χ1n) is 4.70. The number of nitrogens with zero attached hydrogens (tertiary/aromatic N) is 3. The van der Waals surface area contributed by atoms with Crippen LogP contribution < -0.4 is 5.56 Å². The van der Waals surface area contributed by atoms with Crippen molar-refractivity contribution < 1.29 is 0 Å². The summed E-state index contributed by atoms with van der Waals surface area (Å²) in [5.74, 6) is 0. The lowest BCUT2D eigenvalue weighted by Crippen LogP contribution is -2.09. The lowest BCUT2D eigenvalue weighted by molar-refractivity contribution is 0.959. The number of hydrogen-bond acceptors (Lipinski definition) is 4. The first kappa shape index (κ1) is 8.78. The normalized spacial score (nSPS) is 10.8. The highest BCUT2D eigenvalue weighted by atomic mass is 16.1. The Hall–Kier alpha value is -2.50. The van der Waals surface area contributed by atoms with E-state index in [1.807, 2.05) is 12.1 Å². The number of benzene rings is 1. The van der Waals surface area contributed by atoms with E-state index in [4.69, 9.17) is 0 Å². The number of nitrogens with one attached hydrogen (secondary N) is 2. The van der Waals surface area contributed by atoms with Gasteiger partial charge in [0.25, 0.3) is 5.56 Å². The van der Waals surface area contributed by atoms with Gasteiger partial charge >= 0.3 is 0 Å². The predicted octanol–water partition coefficient (Wildman–Crippen LogP) is 0.708. The molecule has 0 aliphatic heterocycles. The van der Waals surface area contributed by atoms with Crippen molar-refractivity contribution in [1.82, 2.24) is 25.4 Å². The second-order valence-electron chi connectivity index (χ2n) is 3.26. The summed E-state index contributed by atoms with van der Waals surface area (Å²) in [6.07, 6.45) is 3.03. The van der Waals surface area contributed by atoms with Gasteiger partial charge in [-0.05, 0) is 6.07 Å². The molecule has 3 aromatic rings. The van der Waals surface area contributed by atoms with Gasteiger partial charge in [-0.25, -0.2) is 4.98 Å². The highest BCUT2D eigenvalue weighted by molar-refractivity contribution is 5.89. The van der Waals surface area contributed by atoms with Crippen LogP contribution in [0.5, 0.6) is 0 Å². The summed E-state index contributed by atoms with van der Waals surface area (Å²) in [7, 11) is 0. The first-order valence-corrected chi connectivity index (χ1v) is 4.70. The van der Waals surface area contributed by atoms with Crippen molar-refractivity contribution in [1.29, 1.82) is 0 Å². The summed E-state index contributed by atoms with van der Waals surface area (Å²) in [5, 5.41) is 10.5. The molecule has 3 rings (SSSR count). The van der Waals surface area contributed by atoms with Gasteiger partial charge < -0.3 is 4.98 Å². The smallest absolute Gasteiger partial charge is 0.274 e. The molecule has 1 aromatic carbocycles. The molecular formula is C10H7N5O. The van der Waals surface area contributed by atoms with Crippen molar-refractivity contribution >= 4 is 11.0 Å². The van der Waals surface area contributed by atoms with Crippen molar-refractivity contribution in [3.05, 3.63) is 40.9 Å². The van der Waals surface area contributed by atoms with E-state index in [1.54, 1.807) is 6.07 Å². The Morgan fingerprint density at radius 3 is 3.00 bits per heavy atom. The van der Waals surface area contributed by atoms with Crippen LogP contribution in [0.3, 0.4) is 0 Å². The Morgan fingerprint density at radius 2 is 2.12 bits per heavy atom. The van der Waals surface area contributed by atoms with Crippen LogP contribution in [0.25, 0.3) is 22.3 Å². The summed E-state index contributed by atoms with van der Waals surface area (Å²) < 4.78 is 0. The quantitative estimate of drug-likeness (QED) is 0.623. The average molecular weight is 213 g/mol. The number of H-pyrrole nitrogens is 2. The maximum Gasteiger partial charge on any atom is 0.274 e. The van der Waals surface area contributed by atoms with E-state index in [1.165, 1.54) is 12.4 Å². The number of rotatable bonds is 1. The molecule has 0 atom stereocenters. The van der Waals surface area contributed by atoms with E-state index >= 15 is 0 Å². The van der Waals surface area contributed by atoms with Crippen LogP contribution in [0, 0.1) is 0 Å². The van der Waals surface area contributed by atoms with Crippen LogP contribution in [0.15, 0.2) is 35.4 Å². The molecule has 0 bridgehead atoms. The Kier molecular flexibility index (Phi) is 1.79. The van der Waals surface area contributed by atoms with Gasteiger partial charge in [0, 0.05) is 18.0 Å². The third kappa shape index (κ3) is 1.20. The van der Waals surface area contributed by atoms with Crippen molar-refractivity contribution in [2.75, 3.05) is 0 Å². The molecule has 2 aromatic heterocycles. The van der Waals surface area contributed by atoms with Crippen LogP contribution in [0.2, 0.25) is 0 Å². The summed E-state index contributed by atoms with van der Waals surface area (Å²) in [6.45, 7) is 0. The lowest BCUT2D eigenvalue weighted by Gasteiger charge is -1.98. The first-order chi connectivity index (χ1) is 7.86. The minimum atomic E-state index is -0.238. The standard InChI is InChI=1S/C10H7N5O/c16-10-9(11-4-5-12-10)6-2-1-3-7-8(6)14-15-13-7/h1-5H,(H,12,16)(H,13,14,15). The number of hydrogen-bond donors (Lipinski definition) is 2. The van der Waals surface area contributed by atoms with Gasteiger partial charge in [0.05, 0.1) is 0 Å². The molecule has 6 heteroatoms. The molecule has 0 aliphatic rings. The molecule has 0 radical (unpaired) electrons. The van der Waals surface area contributed by atoms with Gasteiger partial charge in [-0.1, -0.05) is 12.1 Å². The second-order valence-corrected chi connectivity index (χ2v) is 3.26. The van der Waals surface area contributed by atoms with Gasteiger partial charge in [0.1, 0.15) is 16.7 Å². The fourth-order valence-electron chi connectivity index (χ4n) is 1.60. The van der Waals surface area contributed by atoms with Crippen LogP contribution in [0.1, 0.15) is 0 Å². The van der Waals surface area contributed by atoms with Crippen molar-refractivity contribution in [3.63, 3.8) is 0 Å². The second kappa shape index (κ2) is 3.27. The van der Waals surface area contributed by atoms with Crippen molar-refractivity contribution in [2.24, 2.45) is 0 Å². The Balaban J connectivity index is 2.39. The third-order valence-corrected chi connectivity index (χ3v) is 2.31. The highest BCUT2D eigenvalue weighted by Gasteiger charge is 2.10. The predicted molar refractivity (Wildman–Crippen MR) is 57.7 cm³/mol. The minimum Gasteiger partial charge on any atom is -0.326 e. The molecule has 16 heavy (non-hydrogen) atoms. The highest BCUT2D eigenvalue weighted by Crippen LogP contribution is 2.20. The molecular weight excluding hydrogens is 206 g/mol. The van der Waals surface area contributed by atoms with Crippen LogP contribution in [0.4, 0.5) is 0 Å². The zero-order chi connectivity index (χ0) is 11.0. The van der Waals surface area contributed by atoms with Crippen LogP contribution in [-0.2, 0) is 0 Å².